The van der Waals surface area contributed by atoms with Crippen LogP contribution in [0.4, 0.5) is 5.69 Å². The van der Waals surface area contributed by atoms with Gasteiger partial charge in [0.2, 0.25) is 5.69 Å². The Morgan fingerprint density at radius 1 is 0.527 bits per heavy atom. The Bertz CT molecular complexity index is 2740. The normalized spacial score (nSPS) is 10.1. The molecule has 0 aromatic carbocycles. The quantitative estimate of drug-likeness (QED) is 0.121. The molecule has 8 aromatic heterocycles. The molecule has 0 aliphatic carbocycles. The zero-order valence-corrected chi connectivity index (χ0v) is 55.4. The molecule has 0 atom stereocenters. The second-order valence-corrected chi connectivity index (χ2v) is 24.4. The third kappa shape index (κ3) is 43.8. The molecule has 9 heterocycles. The van der Waals surface area contributed by atoms with Crippen molar-refractivity contribution in [1.82, 2.24) is 58.2 Å². The molecule has 91 heavy (non-hydrogen) atoms. The molecular weight excluding hydrogens is 1170 g/mol. The predicted octanol–water partition coefficient (Wildman–Crippen LogP) is 22.4. The van der Waals surface area contributed by atoms with Crippen molar-refractivity contribution >= 4 is 34.6 Å². The Labute approximate surface area is 567 Å². The van der Waals surface area contributed by atoms with Gasteiger partial charge in [0.15, 0.2) is 0 Å². The Morgan fingerprint density at radius 2 is 1.04 bits per heavy atom. The van der Waals surface area contributed by atoms with Crippen molar-refractivity contribution in [3.63, 3.8) is 0 Å². The number of aliphatic imine (C=N–C) groups is 1. The van der Waals surface area contributed by atoms with Gasteiger partial charge in [0.1, 0.15) is 0 Å². The lowest BCUT2D eigenvalue weighted by molar-refractivity contribution is 0.277. The van der Waals surface area contributed by atoms with E-state index in [2.05, 4.69) is 184 Å². The number of aliphatic hydroxyl groups is 2. The number of rotatable bonds is 11. The molecule has 0 spiro atoms. The number of imidazole rings is 2. The predicted molar refractivity (Wildman–Crippen MR) is 406 cm³/mol. The van der Waals surface area contributed by atoms with Crippen molar-refractivity contribution in [2.24, 2.45) is 18.0 Å². The average molecular weight is 1310 g/mol. The minimum absolute atomic E-state index is 0. The van der Waals surface area contributed by atoms with Gasteiger partial charge in [-0.3, -0.25) is 23.7 Å². The van der Waals surface area contributed by atoms with E-state index in [1.54, 1.807) is 29.6 Å². The van der Waals surface area contributed by atoms with Crippen LogP contribution < -0.4 is 0 Å². The summed E-state index contributed by atoms with van der Waals surface area (Å²) in [5, 5.41) is 37.9. The molecule has 524 valence electrons. The van der Waals surface area contributed by atoms with E-state index < -0.39 is 0 Å². The topological polar surface area (TPSA) is 164 Å². The molecule has 0 saturated carbocycles. The molecule has 0 amide bonds. The van der Waals surface area contributed by atoms with Gasteiger partial charge in [0.05, 0.1) is 75.2 Å². The van der Waals surface area contributed by atoms with Gasteiger partial charge in [-0.05, 0) is 159 Å². The van der Waals surface area contributed by atoms with Crippen LogP contribution >= 0.6 is 22.7 Å². The van der Waals surface area contributed by atoms with Gasteiger partial charge in [-0.2, -0.15) is 20.4 Å². The summed E-state index contributed by atoms with van der Waals surface area (Å²) in [5.41, 5.74) is 8.59. The highest BCUT2D eigenvalue weighted by Gasteiger charge is 2.04. The van der Waals surface area contributed by atoms with Crippen LogP contribution in [0.15, 0.2) is 120 Å². The number of thiophene rings is 2. The van der Waals surface area contributed by atoms with Gasteiger partial charge in [-0.1, -0.05) is 134 Å². The fourth-order valence-electron chi connectivity index (χ4n) is 6.46. The van der Waals surface area contributed by atoms with Crippen molar-refractivity contribution in [3.05, 3.63) is 170 Å². The Hall–Kier alpha value is -6.52. The van der Waals surface area contributed by atoms with Gasteiger partial charge in [-0.25, -0.2) is 14.8 Å². The molecule has 0 saturated heterocycles. The van der Waals surface area contributed by atoms with Crippen LogP contribution in [0, 0.1) is 33.3 Å². The maximum atomic E-state index is 8.68. The first-order valence-electron chi connectivity index (χ1n) is 28.6. The standard InChI is InChI=1S/C8H12S.C7H9N3.2C7H12N2O.3C7H12N2.C7H11N.C7H10S.9CH4/c1-6(2)8-4-7(3)5-9-8;1-6(2)10-5-7(8-3)4-9-10;1-6(2)9-3-7(4-10)8-5-9;1-6(2)9-4-7(5-10)3-8-9;1-6(2)7-4-8-9(3)5-7;1-6(2)9-4-7(3)8-5-9;1-6(2)9-5-7(3)4-8-9;1-6(2)7-3-4-8-5-7;1-6(2)7-4-3-5-8-7;;;;;;;;;/h4-6H,1-3H3;4-6H,1-2H3;3,5-6,10H,4H2,1-2H3;3-4,6,10H,5H2,1-2H3;3*4-6H,1-3H3;3,5-6H,4H2,1-2H3;3-6H,1-2H3;9*1H4. The Kier molecular flexibility index (Phi) is 63.9. The molecule has 1 aliphatic rings. The number of aliphatic hydroxyl groups excluding tert-OH is 2. The summed E-state index contributed by atoms with van der Waals surface area (Å²) in [5.74, 6) is 2.65. The van der Waals surface area contributed by atoms with E-state index in [4.69, 9.17) is 16.8 Å². The van der Waals surface area contributed by atoms with Gasteiger partial charge in [0, 0.05) is 96.0 Å². The van der Waals surface area contributed by atoms with Crippen LogP contribution in [0.3, 0.4) is 0 Å². The van der Waals surface area contributed by atoms with Crippen LogP contribution in [-0.2, 0) is 20.3 Å². The summed E-state index contributed by atoms with van der Waals surface area (Å²) in [4.78, 5) is 18.3. The monoisotopic (exact) mass is 1310 g/mol. The van der Waals surface area contributed by atoms with Gasteiger partial charge >= 0.3 is 0 Å². The summed E-state index contributed by atoms with van der Waals surface area (Å²) in [6.45, 7) is 52.3. The van der Waals surface area contributed by atoms with E-state index >= 15 is 0 Å². The molecular formula is C73H138N14O2S2. The molecule has 8 aromatic rings. The number of nitrogens with zero attached hydrogens (tertiary/aromatic N) is 14. The van der Waals surface area contributed by atoms with E-state index in [0.29, 0.717) is 59.6 Å². The van der Waals surface area contributed by atoms with E-state index in [9.17, 15) is 0 Å². The number of aryl methyl sites for hydroxylation is 4. The minimum Gasteiger partial charge on any atom is -0.392 e. The second kappa shape index (κ2) is 56.2. The first-order chi connectivity index (χ1) is 38.6. The third-order valence-electron chi connectivity index (χ3n) is 11.8. The fraction of sp³-hybridized carbons (Fsp3) is 0.589. The van der Waals surface area contributed by atoms with Crippen LogP contribution in [0.1, 0.15) is 283 Å². The largest absolute Gasteiger partial charge is 0.392 e. The van der Waals surface area contributed by atoms with Crippen molar-refractivity contribution in [2.75, 3.05) is 6.54 Å². The number of aromatic nitrogens is 12. The molecule has 0 unspecified atom stereocenters. The van der Waals surface area contributed by atoms with Crippen LogP contribution in [0.5, 0.6) is 0 Å². The van der Waals surface area contributed by atoms with Gasteiger partial charge < -0.3 is 19.3 Å². The summed E-state index contributed by atoms with van der Waals surface area (Å²) >= 11 is 3.69. The molecule has 0 radical (unpaired) electrons. The summed E-state index contributed by atoms with van der Waals surface area (Å²) in [6.07, 6.45) is 26.4. The Morgan fingerprint density at radius 3 is 1.27 bits per heavy atom. The molecule has 16 nitrogen and oxygen atoms in total. The molecule has 18 heteroatoms. The fourth-order valence-corrected chi connectivity index (χ4v) is 8.12. The van der Waals surface area contributed by atoms with E-state index in [1.165, 1.54) is 32.0 Å². The highest BCUT2D eigenvalue weighted by Crippen LogP contribution is 2.22. The van der Waals surface area contributed by atoms with Crippen molar-refractivity contribution in [3.8, 4) is 0 Å². The lowest BCUT2D eigenvalue weighted by Crippen LogP contribution is -1.99. The minimum atomic E-state index is 0. The van der Waals surface area contributed by atoms with Crippen LogP contribution in [0.25, 0.3) is 4.85 Å². The smallest absolute Gasteiger partial charge is 0.224 e. The lowest BCUT2D eigenvalue weighted by Gasteiger charge is -2.03. The van der Waals surface area contributed by atoms with Crippen LogP contribution in [0.2, 0.25) is 0 Å². The zero-order valence-electron chi connectivity index (χ0n) is 53.8. The summed E-state index contributed by atoms with van der Waals surface area (Å²) in [7, 11) is 1.94. The number of hydrogen-bond donors (Lipinski definition) is 2. The maximum Gasteiger partial charge on any atom is 0.224 e. The third-order valence-corrected chi connectivity index (χ3v) is 14.3. The highest BCUT2D eigenvalue weighted by atomic mass is 32.1. The van der Waals surface area contributed by atoms with E-state index in [1.807, 2.05) is 146 Å². The highest BCUT2D eigenvalue weighted by molar-refractivity contribution is 7.10. The van der Waals surface area contributed by atoms with Gasteiger partial charge in [-0.15, -0.1) is 22.7 Å². The number of allylic oxidation sites excluding steroid dienone is 1. The van der Waals surface area contributed by atoms with Crippen LogP contribution in [-0.4, -0.2) is 81.2 Å². The lowest BCUT2D eigenvalue weighted by atomic mass is 10.1. The molecule has 1 aliphatic heterocycles. The number of hydrogen-bond acceptors (Lipinski definition) is 11. The molecule has 0 fully saturated rings. The first kappa shape index (κ1) is 103. The van der Waals surface area contributed by atoms with Crippen molar-refractivity contribution in [1.29, 1.82) is 0 Å². The molecule has 0 bridgehead atoms. The summed E-state index contributed by atoms with van der Waals surface area (Å²) in [6, 6.07) is 8.69. The van der Waals surface area contributed by atoms with Gasteiger partial charge in [0.25, 0.3) is 0 Å². The molecule has 2 N–H and O–H groups in total. The van der Waals surface area contributed by atoms with E-state index in [0.717, 1.165) is 23.5 Å². The van der Waals surface area contributed by atoms with Crippen molar-refractivity contribution in [2.45, 2.75) is 273 Å². The second-order valence-electron chi connectivity index (χ2n) is 22.5. The molecule has 9 rings (SSSR count). The maximum absolute atomic E-state index is 8.68. The first-order valence-corrected chi connectivity index (χ1v) is 30.3. The van der Waals surface area contributed by atoms with Crippen molar-refractivity contribution < 1.29 is 10.2 Å². The Balaban J connectivity index is -0.000000117. The average Bonchev–Trinajstić information content (AvgIpc) is 2.98. The zero-order chi connectivity index (χ0) is 62.1. The SMILES string of the molecule is C.C.C.C.C.C.C.C.C.CC(C)C1=CCN=C1.CC(C)c1cccs1.CC(C)c1cnn(C)c1.CC(C)n1cc(CO)cn1.CC(C)n1cnc(CO)c1.Cc1cn(C(C)C)cn1.Cc1cnn(C(C)C)c1.Cc1csc(C(C)C)c1.[C-]#[N+]c1cnn(C(C)C)c1. The van der Waals surface area contributed by atoms with E-state index in [-0.39, 0.29) is 80.1 Å². The summed E-state index contributed by atoms with van der Waals surface area (Å²) < 4.78 is 11.4.